The molecule has 4 rings (SSSR count). The average Bonchev–Trinajstić information content (AvgIpc) is 3.20. The highest BCUT2D eigenvalue weighted by atomic mass is 16.6. The third-order valence-corrected chi connectivity index (χ3v) is 5.08. The number of aromatic nitrogens is 1. The molecule has 0 saturated heterocycles. The number of fused-ring (bicyclic) bond motifs is 1. The second kappa shape index (κ2) is 8.58. The molecule has 0 aliphatic heterocycles. The number of nitrogens with one attached hydrogen (secondary N) is 1. The van der Waals surface area contributed by atoms with E-state index in [1.807, 2.05) is 54.6 Å². The van der Waals surface area contributed by atoms with Gasteiger partial charge in [-0.3, -0.25) is 14.9 Å². The van der Waals surface area contributed by atoms with Crippen LogP contribution in [0.3, 0.4) is 0 Å². The molecule has 7 nitrogen and oxygen atoms in total. The normalized spacial score (nSPS) is 11.2. The minimum absolute atomic E-state index is 0.0747. The second-order valence-electron chi connectivity index (χ2n) is 7.00. The summed E-state index contributed by atoms with van der Waals surface area (Å²) in [7, 11) is 1.56. The van der Waals surface area contributed by atoms with Gasteiger partial charge in [-0.15, -0.1) is 0 Å². The summed E-state index contributed by atoms with van der Waals surface area (Å²) in [6, 6.07) is 22.4. The topological polar surface area (TPSA) is 109 Å². The molecule has 0 spiro atoms. The fourth-order valence-corrected chi connectivity index (χ4v) is 3.51. The van der Waals surface area contributed by atoms with E-state index in [9.17, 15) is 20.2 Å². The number of benzene rings is 3. The highest BCUT2D eigenvalue weighted by Gasteiger charge is 2.19. The van der Waals surface area contributed by atoms with Crippen molar-refractivity contribution in [2.24, 2.45) is 0 Å². The summed E-state index contributed by atoms with van der Waals surface area (Å²) in [5.41, 5.74) is 2.82. The Labute approximate surface area is 183 Å². The number of ether oxygens (including phenoxy) is 1. The summed E-state index contributed by atoms with van der Waals surface area (Å²) in [6.45, 7) is 0. The van der Waals surface area contributed by atoms with Gasteiger partial charge in [0, 0.05) is 34.2 Å². The van der Waals surface area contributed by atoms with E-state index in [-0.39, 0.29) is 16.8 Å². The standard InChI is InChI=1S/C25H17N3O4/c1-32-20-10-11-23-21(14-20)22(24(27-23)16-6-3-2-4-7-16)13-18(15-26)25(29)17-8-5-9-19(12-17)28(30)31/h2-14,27H,1H3/b18-13+. The monoisotopic (exact) mass is 423 g/mol. The molecule has 4 aromatic rings. The number of nitrogens with zero attached hydrogens (tertiary/aromatic N) is 2. The average molecular weight is 423 g/mol. The number of hydrogen-bond acceptors (Lipinski definition) is 5. The second-order valence-corrected chi connectivity index (χ2v) is 7.00. The van der Waals surface area contributed by atoms with Crippen LogP contribution >= 0.6 is 0 Å². The number of H-pyrrole nitrogens is 1. The minimum atomic E-state index is -0.590. The maximum Gasteiger partial charge on any atom is 0.270 e. The summed E-state index contributed by atoms with van der Waals surface area (Å²) in [5, 5.41) is 21.6. The molecule has 7 heteroatoms. The van der Waals surface area contributed by atoms with Crippen molar-refractivity contribution < 1.29 is 14.5 Å². The number of ketones is 1. The number of carbonyl (C=O) groups excluding carboxylic acids is 1. The summed E-state index contributed by atoms with van der Waals surface area (Å²) < 4.78 is 5.35. The Hall–Kier alpha value is -4.70. The van der Waals surface area contributed by atoms with Crippen molar-refractivity contribution >= 4 is 28.4 Å². The van der Waals surface area contributed by atoms with Gasteiger partial charge in [-0.25, -0.2) is 0 Å². The molecular weight excluding hydrogens is 406 g/mol. The molecule has 1 aromatic heterocycles. The van der Waals surface area contributed by atoms with E-state index >= 15 is 0 Å². The predicted octanol–water partition coefficient (Wildman–Crippen LogP) is 5.54. The van der Waals surface area contributed by atoms with Gasteiger partial charge in [0.2, 0.25) is 5.78 Å². The zero-order chi connectivity index (χ0) is 22.7. The number of Topliss-reactive ketones (excluding diaryl/α,β-unsaturated/α-hetero) is 1. The Bertz CT molecular complexity index is 1410. The number of methoxy groups -OCH3 is 1. The van der Waals surface area contributed by atoms with E-state index in [2.05, 4.69) is 4.98 Å². The van der Waals surface area contributed by atoms with Crippen LogP contribution < -0.4 is 4.74 Å². The van der Waals surface area contributed by atoms with Gasteiger partial charge < -0.3 is 9.72 Å². The SMILES string of the molecule is COc1ccc2[nH]c(-c3ccccc3)c(/C=C(\C#N)C(=O)c3cccc([N+](=O)[O-])c3)c2c1. The maximum absolute atomic E-state index is 13.0. The lowest BCUT2D eigenvalue weighted by Crippen LogP contribution is -2.03. The summed E-state index contributed by atoms with van der Waals surface area (Å²) in [6.07, 6.45) is 1.52. The number of hydrogen-bond donors (Lipinski definition) is 1. The molecule has 0 amide bonds. The summed E-state index contributed by atoms with van der Waals surface area (Å²) in [4.78, 5) is 26.9. The molecule has 0 aliphatic carbocycles. The first-order valence-corrected chi connectivity index (χ1v) is 9.68. The highest BCUT2D eigenvalue weighted by Crippen LogP contribution is 2.34. The van der Waals surface area contributed by atoms with Gasteiger partial charge in [0.25, 0.3) is 5.69 Å². The third-order valence-electron chi connectivity index (χ3n) is 5.08. The number of allylic oxidation sites excluding steroid dienone is 1. The molecule has 32 heavy (non-hydrogen) atoms. The molecule has 0 aliphatic rings. The maximum atomic E-state index is 13.0. The largest absolute Gasteiger partial charge is 0.497 e. The number of aromatic amines is 1. The Balaban J connectivity index is 1.90. The lowest BCUT2D eigenvalue weighted by Gasteiger charge is -2.04. The van der Waals surface area contributed by atoms with Crippen molar-refractivity contribution in [2.75, 3.05) is 7.11 Å². The van der Waals surface area contributed by atoms with Gasteiger partial charge in [-0.1, -0.05) is 42.5 Å². The van der Waals surface area contributed by atoms with Crippen LogP contribution in [0.25, 0.3) is 28.2 Å². The smallest absolute Gasteiger partial charge is 0.270 e. The Kier molecular flexibility index (Phi) is 5.51. The molecule has 0 bridgehead atoms. The number of nitro groups is 1. The zero-order valence-corrected chi connectivity index (χ0v) is 17.0. The molecule has 1 heterocycles. The lowest BCUT2D eigenvalue weighted by atomic mass is 9.98. The number of nitro benzene ring substituents is 1. The molecule has 0 radical (unpaired) electrons. The Morgan fingerprint density at radius 2 is 1.88 bits per heavy atom. The number of non-ortho nitro benzene ring substituents is 1. The van der Waals surface area contributed by atoms with Crippen LogP contribution in [0.2, 0.25) is 0 Å². The van der Waals surface area contributed by atoms with Crippen molar-refractivity contribution in [3.8, 4) is 23.1 Å². The van der Waals surface area contributed by atoms with Gasteiger partial charge >= 0.3 is 0 Å². The molecule has 156 valence electrons. The van der Waals surface area contributed by atoms with E-state index in [1.54, 1.807) is 7.11 Å². The lowest BCUT2D eigenvalue weighted by molar-refractivity contribution is -0.384. The van der Waals surface area contributed by atoms with Gasteiger partial charge in [0.1, 0.15) is 17.4 Å². The quantitative estimate of drug-likeness (QED) is 0.144. The summed E-state index contributed by atoms with van der Waals surface area (Å²) >= 11 is 0. The van der Waals surface area contributed by atoms with Crippen molar-refractivity contribution in [1.82, 2.24) is 4.98 Å². The fourth-order valence-electron chi connectivity index (χ4n) is 3.51. The van der Waals surface area contributed by atoms with Crippen molar-refractivity contribution in [2.45, 2.75) is 0 Å². The van der Waals surface area contributed by atoms with E-state index in [4.69, 9.17) is 4.74 Å². The zero-order valence-electron chi connectivity index (χ0n) is 17.0. The van der Waals surface area contributed by atoms with Crippen molar-refractivity contribution in [1.29, 1.82) is 5.26 Å². The third kappa shape index (κ3) is 3.85. The first kappa shape index (κ1) is 20.6. The Morgan fingerprint density at radius 1 is 1.09 bits per heavy atom. The van der Waals surface area contributed by atoms with Gasteiger partial charge in [-0.2, -0.15) is 5.26 Å². The van der Waals surface area contributed by atoms with Crippen molar-refractivity contribution in [3.05, 3.63) is 99.6 Å². The van der Waals surface area contributed by atoms with Crippen LogP contribution in [0.15, 0.2) is 78.4 Å². The van der Waals surface area contributed by atoms with Crippen LogP contribution in [0, 0.1) is 21.4 Å². The fraction of sp³-hybridized carbons (Fsp3) is 0.0400. The number of carbonyl (C=O) groups is 1. The first-order valence-electron chi connectivity index (χ1n) is 9.68. The molecule has 1 N–H and O–H groups in total. The van der Waals surface area contributed by atoms with E-state index < -0.39 is 10.7 Å². The highest BCUT2D eigenvalue weighted by molar-refractivity contribution is 6.15. The predicted molar refractivity (Wildman–Crippen MR) is 121 cm³/mol. The number of rotatable bonds is 6. The molecule has 0 fully saturated rings. The molecule has 3 aromatic carbocycles. The number of nitriles is 1. The molecule has 0 saturated carbocycles. The van der Waals surface area contributed by atoms with Crippen LogP contribution in [-0.4, -0.2) is 22.8 Å². The van der Waals surface area contributed by atoms with Crippen molar-refractivity contribution in [3.63, 3.8) is 0 Å². The van der Waals surface area contributed by atoms with Crippen LogP contribution in [-0.2, 0) is 0 Å². The molecule has 0 unspecified atom stereocenters. The Morgan fingerprint density at radius 3 is 2.56 bits per heavy atom. The molecule has 0 atom stereocenters. The van der Waals surface area contributed by atoms with E-state index in [0.717, 1.165) is 22.2 Å². The summed E-state index contributed by atoms with van der Waals surface area (Å²) in [5.74, 6) is 0.0433. The first-order chi connectivity index (χ1) is 15.5. The van der Waals surface area contributed by atoms with E-state index in [0.29, 0.717) is 11.3 Å². The van der Waals surface area contributed by atoms with E-state index in [1.165, 1.54) is 30.3 Å². The molecular formula is C25H17N3O4. The van der Waals surface area contributed by atoms with Gasteiger partial charge in [-0.05, 0) is 29.8 Å². The van der Waals surface area contributed by atoms with Gasteiger partial charge in [0.05, 0.1) is 17.7 Å². The minimum Gasteiger partial charge on any atom is -0.497 e. The van der Waals surface area contributed by atoms with Crippen LogP contribution in [0.4, 0.5) is 5.69 Å². The van der Waals surface area contributed by atoms with Crippen LogP contribution in [0.5, 0.6) is 5.75 Å². The van der Waals surface area contributed by atoms with Gasteiger partial charge in [0.15, 0.2) is 0 Å². The van der Waals surface area contributed by atoms with Crippen LogP contribution in [0.1, 0.15) is 15.9 Å².